The van der Waals surface area contributed by atoms with Gasteiger partial charge in [-0.25, -0.2) is 4.79 Å². The van der Waals surface area contributed by atoms with E-state index in [9.17, 15) is 24.3 Å². The minimum Gasteiger partial charge on any atom is -0.480 e. The van der Waals surface area contributed by atoms with Gasteiger partial charge in [-0.2, -0.15) is 0 Å². The number of carboxylic acids is 1. The second-order valence-corrected chi connectivity index (χ2v) is 8.53. The van der Waals surface area contributed by atoms with Crippen LogP contribution in [-0.2, 0) is 27.3 Å². The van der Waals surface area contributed by atoms with Crippen LogP contribution in [0.2, 0.25) is 0 Å². The molecular formula is C27H26N4O5. The number of aromatic nitrogens is 1. The Morgan fingerprint density at radius 2 is 1.69 bits per heavy atom. The maximum atomic E-state index is 13.0. The SMILES string of the molecule is O=C(Nc1ccc(C[C@H](NC(=O)C2CCC(=O)N2Cc2ccccc2)C(=O)O)cc1)c1ccccn1. The van der Waals surface area contributed by atoms with E-state index < -0.39 is 24.0 Å². The van der Waals surface area contributed by atoms with Gasteiger partial charge in [-0.1, -0.05) is 48.5 Å². The van der Waals surface area contributed by atoms with Crippen molar-refractivity contribution in [3.8, 4) is 0 Å². The predicted molar refractivity (Wildman–Crippen MR) is 132 cm³/mol. The minimum absolute atomic E-state index is 0.0505. The number of carboxylic acid groups (broad SMARTS) is 1. The molecule has 4 rings (SSSR count). The van der Waals surface area contributed by atoms with E-state index in [4.69, 9.17) is 0 Å². The van der Waals surface area contributed by atoms with Crippen molar-refractivity contribution >= 4 is 29.4 Å². The van der Waals surface area contributed by atoms with Gasteiger partial charge in [-0.15, -0.1) is 0 Å². The van der Waals surface area contributed by atoms with Crippen molar-refractivity contribution in [2.45, 2.75) is 37.9 Å². The first-order valence-corrected chi connectivity index (χ1v) is 11.6. The van der Waals surface area contributed by atoms with Gasteiger partial charge in [-0.3, -0.25) is 19.4 Å². The van der Waals surface area contributed by atoms with Gasteiger partial charge in [0.25, 0.3) is 5.91 Å². The fourth-order valence-corrected chi connectivity index (χ4v) is 4.10. The van der Waals surface area contributed by atoms with Crippen LogP contribution in [0.5, 0.6) is 0 Å². The van der Waals surface area contributed by atoms with E-state index in [-0.39, 0.29) is 30.3 Å². The van der Waals surface area contributed by atoms with Gasteiger partial charge in [0.05, 0.1) is 0 Å². The van der Waals surface area contributed by atoms with E-state index in [0.717, 1.165) is 5.56 Å². The number of nitrogens with one attached hydrogen (secondary N) is 2. The Morgan fingerprint density at radius 1 is 0.972 bits per heavy atom. The quantitative estimate of drug-likeness (QED) is 0.427. The van der Waals surface area contributed by atoms with Crippen LogP contribution in [0.1, 0.15) is 34.5 Å². The van der Waals surface area contributed by atoms with Gasteiger partial charge in [-0.05, 0) is 41.8 Å². The number of hydrogen-bond acceptors (Lipinski definition) is 5. The number of nitrogens with zero attached hydrogens (tertiary/aromatic N) is 2. The third kappa shape index (κ3) is 6.12. The molecule has 0 bridgehead atoms. The molecule has 0 radical (unpaired) electrons. The Kier molecular flexibility index (Phi) is 7.69. The highest BCUT2D eigenvalue weighted by atomic mass is 16.4. The lowest BCUT2D eigenvalue weighted by molar-refractivity contribution is -0.143. The van der Waals surface area contributed by atoms with E-state index in [1.807, 2.05) is 30.3 Å². The van der Waals surface area contributed by atoms with Gasteiger partial charge in [0.2, 0.25) is 11.8 Å². The summed E-state index contributed by atoms with van der Waals surface area (Å²) in [7, 11) is 0. The summed E-state index contributed by atoms with van der Waals surface area (Å²) >= 11 is 0. The number of aliphatic carboxylic acids is 1. The summed E-state index contributed by atoms with van der Waals surface area (Å²) < 4.78 is 0. The van der Waals surface area contributed by atoms with Gasteiger partial charge >= 0.3 is 5.97 Å². The van der Waals surface area contributed by atoms with Crippen LogP contribution < -0.4 is 10.6 Å². The number of benzene rings is 2. The topological polar surface area (TPSA) is 129 Å². The van der Waals surface area contributed by atoms with Crippen LogP contribution in [0, 0.1) is 0 Å². The zero-order valence-electron chi connectivity index (χ0n) is 19.5. The number of pyridine rings is 1. The molecule has 184 valence electrons. The summed E-state index contributed by atoms with van der Waals surface area (Å²) in [6.45, 7) is 0.293. The molecule has 1 aliphatic rings. The highest BCUT2D eigenvalue weighted by Gasteiger charge is 2.37. The Hall–Kier alpha value is -4.53. The molecule has 36 heavy (non-hydrogen) atoms. The molecule has 1 aliphatic heterocycles. The van der Waals surface area contributed by atoms with Gasteiger partial charge < -0.3 is 20.6 Å². The van der Waals surface area contributed by atoms with Crippen molar-refractivity contribution in [3.63, 3.8) is 0 Å². The van der Waals surface area contributed by atoms with E-state index >= 15 is 0 Å². The van der Waals surface area contributed by atoms with Crippen molar-refractivity contribution in [2.75, 3.05) is 5.32 Å². The highest BCUT2D eigenvalue weighted by molar-refractivity contribution is 6.02. The first-order chi connectivity index (χ1) is 17.4. The van der Waals surface area contributed by atoms with Crippen LogP contribution in [0.4, 0.5) is 5.69 Å². The molecule has 1 saturated heterocycles. The lowest BCUT2D eigenvalue weighted by Gasteiger charge is -2.26. The molecule has 0 aliphatic carbocycles. The van der Waals surface area contributed by atoms with Gasteiger partial charge in [0, 0.05) is 31.3 Å². The lowest BCUT2D eigenvalue weighted by atomic mass is 10.0. The third-order valence-electron chi connectivity index (χ3n) is 5.99. The Balaban J connectivity index is 1.37. The van der Waals surface area contributed by atoms with E-state index in [1.165, 1.54) is 11.1 Å². The highest BCUT2D eigenvalue weighted by Crippen LogP contribution is 2.22. The molecule has 2 aromatic carbocycles. The van der Waals surface area contributed by atoms with E-state index in [1.54, 1.807) is 42.5 Å². The summed E-state index contributed by atoms with van der Waals surface area (Å²) in [5.74, 6) is -2.14. The van der Waals surface area contributed by atoms with Crippen molar-refractivity contribution < 1.29 is 24.3 Å². The van der Waals surface area contributed by atoms with Crippen LogP contribution >= 0.6 is 0 Å². The molecule has 0 saturated carbocycles. The third-order valence-corrected chi connectivity index (χ3v) is 5.99. The molecule has 2 atom stereocenters. The monoisotopic (exact) mass is 486 g/mol. The molecule has 3 aromatic rings. The molecule has 1 aromatic heterocycles. The standard InChI is InChI=1S/C27H26N4O5/c32-24-14-13-23(31(24)17-19-6-2-1-3-7-19)26(34)30-22(27(35)36)16-18-9-11-20(12-10-18)29-25(33)21-8-4-5-15-28-21/h1-12,15,22-23H,13-14,16-17H2,(H,29,33)(H,30,34)(H,35,36)/t22-,23?/m0/s1. The molecular weight excluding hydrogens is 460 g/mol. The Morgan fingerprint density at radius 3 is 2.36 bits per heavy atom. The molecule has 9 heteroatoms. The smallest absolute Gasteiger partial charge is 0.326 e. The van der Waals surface area contributed by atoms with Crippen molar-refractivity contribution in [1.82, 2.24) is 15.2 Å². The molecule has 1 unspecified atom stereocenters. The number of rotatable bonds is 9. The number of anilines is 1. The van der Waals surface area contributed by atoms with Crippen LogP contribution in [0.15, 0.2) is 79.0 Å². The van der Waals surface area contributed by atoms with Crippen molar-refractivity contribution in [1.29, 1.82) is 0 Å². The van der Waals surface area contributed by atoms with Crippen LogP contribution in [0.25, 0.3) is 0 Å². The normalized spacial score (nSPS) is 15.8. The summed E-state index contributed by atoms with van der Waals surface area (Å²) in [6.07, 6.45) is 2.17. The summed E-state index contributed by atoms with van der Waals surface area (Å²) in [6, 6.07) is 19.2. The number of hydrogen-bond donors (Lipinski definition) is 3. The fraction of sp³-hybridized carbons (Fsp3) is 0.222. The van der Waals surface area contributed by atoms with Gasteiger partial charge in [0.1, 0.15) is 17.8 Å². The molecule has 9 nitrogen and oxygen atoms in total. The fourth-order valence-electron chi connectivity index (χ4n) is 4.10. The average molecular weight is 487 g/mol. The number of likely N-dealkylation sites (tertiary alicyclic amines) is 1. The predicted octanol–water partition coefficient (Wildman–Crippen LogP) is 2.64. The van der Waals surface area contributed by atoms with Crippen LogP contribution in [0.3, 0.4) is 0 Å². The number of carbonyl (C=O) groups excluding carboxylic acids is 3. The average Bonchev–Trinajstić information content (AvgIpc) is 3.25. The van der Waals surface area contributed by atoms with Gasteiger partial charge in [0.15, 0.2) is 0 Å². The Labute approximate surface area is 208 Å². The van der Waals surface area contributed by atoms with Crippen molar-refractivity contribution in [2.24, 2.45) is 0 Å². The molecule has 0 spiro atoms. The van der Waals surface area contributed by atoms with E-state index in [2.05, 4.69) is 15.6 Å². The first-order valence-electron chi connectivity index (χ1n) is 11.6. The van der Waals surface area contributed by atoms with Crippen molar-refractivity contribution in [3.05, 3.63) is 95.8 Å². The van der Waals surface area contributed by atoms with E-state index in [0.29, 0.717) is 24.2 Å². The largest absolute Gasteiger partial charge is 0.480 e. The Bertz CT molecular complexity index is 1230. The zero-order valence-corrected chi connectivity index (χ0v) is 19.5. The number of carbonyl (C=O) groups is 4. The van der Waals surface area contributed by atoms with Crippen LogP contribution in [-0.4, -0.2) is 50.8 Å². The molecule has 3 amide bonds. The summed E-state index contributed by atoms with van der Waals surface area (Å²) in [5.41, 5.74) is 2.38. The minimum atomic E-state index is -1.17. The lowest BCUT2D eigenvalue weighted by Crippen LogP contribution is -2.50. The maximum Gasteiger partial charge on any atom is 0.326 e. The molecule has 3 N–H and O–H groups in total. The maximum absolute atomic E-state index is 13.0. The summed E-state index contributed by atoms with van der Waals surface area (Å²) in [4.78, 5) is 55.0. The second-order valence-electron chi connectivity index (χ2n) is 8.53. The summed E-state index contributed by atoms with van der Waals surface area (Å²) in [5, 5.41) is 15.1. The zero-order chi connectivity index (χ0) is 25.5. The first kappa shape index (κ1) is 24.6. The number of amides is 3. The molecule has 2 heterocycles. The second kappa shape index (κ2) is 11.3. The molecule has 1 fully saturated rings.